The van der Waals surface area contributed by atoms with Crippen molar-refractivity contribution in [3.63, 3.8) is 0 Å². The first-order valence-corrected chi connectivity index (χ1v) is 11.5. The maximum atomic E-state index is 13.5. The van der Waals surface area contributed by atoms with Gasteiger partial charge in [0.05, 0.1) is 24.6 Å². The molecule has 1 N–H and O–H groups in total. The van der Waals surface area contributed by atoms with Gasteiger partial charge in [-0.3, -0.25) is 4.79 Å². The lowest BCUT2D eigenvalue weighted by molar-refractivity contribution is -0.137. The summed E-state index contributed by atoms with van der Waals surface area (Å²) in [5, 5.41) is 2.96. The summed E-state index contributed by atoms with van der Waals surface area (Å²) in [7, 11) is 1.55. The van der Waals surface area contributed by atoms with Crippen LogP contribution in [0, 0.1) is 5.92 Å². The predicted molar refractivity (Wildman–Crippen MR) is 130 cm³/mol. The first-order valence-electron chi connectivity index (χ1n) is 11.5. The van der Waals surface area contributed by atoms with Gasteiger partial charge in [-0.1, -0.05) is 24.3 Å². The molecule has 2 aliphatic heterocycles. The van der Waals surface area contributed by atoms with E-state index in [1.807, 2.05) is 30.3 Å². The third-order valence-corrected chi connectivity index (χ3v) is 6.83. The molecule has 0 aromatic heterocycles. The van der Waals surface area contributed by atoms with Crippen LogP contribution in [0.3, 0.4) is 0 Å². The Bertz CT molecular complexity index is 1220. The second-order valence-corrected chi connectivity index (χ2v) is 8.92. The van der Waals surface area contributed by atoms with Gasteiger partial charge >= 0.3 is 6.18 Å². The number of hydrogen-bond acceptors (Lipinski definition) is 4. The number of halogens is 3. The van der Waals surface area contributed by atoms with E-state index in [0.29, 0.717) is 36.6 Å². The topological polar surface area (TPSA) is 44.8 Å². The predicted octanol–water partition coefficient (Wildman–Crippen LogP) is 5.22. The Hall–Kier alpha value is -3.68. The van der Waals surface area contributed by atoms with Crippen molar-refractivity contribution in [3.05, 3.63) is 83.9 Å². The zero-order valence-corrected chi connectivity index (χ0v) is 19.3. The van der Waals surface area contributed by atoms with Gasteiger partial charge in [0.25, 0.3) is 0 Å². The van der Waals surface area contributed by atoms with Crippen molar-refractivity contribution in [1.82, 2.24) is 0 Å². The highest BCUT2D eigenvalue weighted by molar-refractivity contribution is 5.94. The lowest BCUT2D eigenvalue weighted by atomic mass is 9.82. The molecule has 1 saturated heterocycles. The number of amides is 1. The molecule has 5 nitrogen and oxygen atoms in total. The highest BCUT2D eigenvalue weighted by atomic mass is 19.4. The summed E-state index contributed by atoms with van der Waals surface area (Å²) >= 11 is 0. The fourth-order valence-electron chi connectivity index (χ4n) is 5.11. The molecule has 2 atom stereocenters. The van der Waals surface area contributed by atoms with Crippen molar-refractivity contribution < 1.29 is 22.7 Å². The standard InChI is InChI=1S/C27H26F3N3O2/c1-35-22-9-5-6-20(16-22)31-26(34)23-15-18-14-19(27(28,29)30)10-11-24(18)33-13-12-32(17-25(23)33)21-7-3-2-4-8-21/h2-11,14,16,23,25H,12-13,15,17H2,1H3,(H,31,34)/t23-,25+/m0/s1. The van der Waals surface area contributed by atoms with Gasteiger partial charge in [0.1, 0.15) is 5.75 Å². The molecule has 0 spiro atoms. The number of benzene rings is 3. The average Bonchev–Trinajstić information content (AvgIpc) is 2.87. The number of alkyl halides is 3. The minimum atomic E-state index is -4.43. The summed E-state index contributed by atoms with van der Waals surface area (Å²) in [6.07, 6.45) is -4.20. The number of methoxy groups -OCH3 is 1. The lowest BCUT2D eigenvalue weighted by Crippen LogP contribution is -2.60. The summed E-state index contributed by atoms with van der Waals surface area (Å²) in [6.45, 7) is 1.92. The van der Waals surface area contributed by atoms with E-state index in [1.165, 1.54) is 6.07 Å². The summed E-state index contributed by atoms with van der Waals surface area (Å²) in [5.41, 5.74) is 2.30. The highest BCUT2D eigenvalue weighted by Gasteiger charge is 2.42. The van der Waals surface area contributed by atoms with E-state index in [-0.39, 0.29) is 18.4 Å². The van der Waals surface area contributed by atoms with E-state index in [0.717, 1.165) is 17.4 Å². The fourth-order valence-corrected chi connectivity index (χ4v) is 5.11. The minimum Gasteiger partial charge on any atom is -0.497 e. The highest BCUT2D eigenvalue weighted by Crippen LogP contribution is 2.40. The molecule has 182 valence electrons. The van der Waals surface area contributed by atoms with Crippen molar-refractivity contribution in [2.75, 3.05) is 41.9 Å². The Balaban J connectivity index is 1.48. The number of nitrogens with zero attached hydrogens (tertiary/aromatic N) is 2. The molecular weight excluding hydrogens is 455 g/mol. The van der Waals surface area contributed by atoms with Crippen LogP contribution in [0.2, 0.25) is 0 Å². The van der Waals surface area contributed by atoms with Crippen molar-refractivity contribution >= 4 is 23.0 Å². The molecule has 0 aliphatic carbocycles. The number of para-hydroxylation sites is 1. The van der Waals surface area contributed by atoms with Crippen LogP contribution < -0.4 is 19.9 Å². The lowest BCUT2D eigenvalue weighted by Gasteiger charge is -2.49. The van der Waals surface area contributed by atoms with E-state index in [2.05, 4.69) is 15.1 Å². The number of carbonyl (C=O) groups excluding carboxylic acids is 1. The first kappa shape index (κ1) is 23.1. The summed E-state index contributed by atoms with van der Waals surface area (Å²) in [4.78, 5) is 17.9. The molecule has 0 saturated carbocycles. The van der Waals surface area contributed by atoms with Crippen molar-refractivity contribution in [2.45, 2.75) is 18.6 Å². The summed E-state index contributed by atoms with van der Waals surface area (Å²) in [6, 6.07) is 20.7. The van der Waals surface area contributed by atoms with Gasteiger partial charge in [0.2, 0.25) is 5.91 Å². The van der Waals surface area contributed by atoms with Gasteiger partial charge in [-0.15, -0.1) is 0 Å². The molecule has 5 rings (SSSR count). The molecule has 2 heterocycles. The molecule has 35 heavy (non-hydrogen) atoms. The molecule has 0 unspecified atom stereocenters. The van der Waals surface area contributed by atoms with Crippen molar-refractivity contribution in [2.24, 2.45) is 5.92 Å². The molecule has 2 aliphatic rings. The Morgan fingerprint density at radius 2 is 1.80 bits per heavy atom. The quantitative estimate of drug-likeness (QED) is 0.555. The number of nitrogens with one attached hydrogen (secondary N) is 1. The SMILES string of the molecule is COc1cccc(NC(=O)[C@H]2Cc3cc(C(F)(F)F)ccc3N3CCN(c4ccccc4)C[C@H]23)c1. The number of anilines is 3. The number of piperazine rings is 1. The van der Waals surface area contributed by atoms with Crippen molar-refractivity contribution in [3.8, 4) is 5.75 Å². The number of hydrogen-bond donors (Lipinski definition) is 1. The van der Waals surface area contributed by atoms with Crippen molar-refractivity contribution in [1.29, 1.82) is 0 Å². The Kier molecular flexibility index (Phi) is 6.05. The van der Waals surface area contributed by atoms with E-state index >= 15 is 0 Å². The maximum Gasteiger partial charge on any atom is 0.416 e. The third-order valence-electron chi connectivity index (χ3n) is 6.83. The molecular formula is C27H26F3N3O2. The van der Waals surface area contributed by atoms with Crippen LogP contribution >= 0.6 is 0 Å². The second-order valence-electron chi connectivity index (χ2n) is 8.92. The van der Waals surface area contributed by atoms with Gasteiger partial charge in [0, 0.05) is 42.8 Å². The number of carbonyl (C=O) groups is 1. The maximum absolute atomic E-state index is 13.5. The number of rotatable bonds is 4. The van der Waals surface area contributed by atoms with Crippen LogP contribution in [-0.2, 0) is 17.4 Å². The second kappa shape index (κ2) is 9.17. The van der Waals surface area contributed by atoms with E-state index in [9.17, 15) is 18.0 Å². The Labute approximate surface area is 202 Å². The van der Waals surface area contributed by atoms with Gasteiger partial charge in [0.15, 0.2) is 0 Å². The molecule has 0 bridgehead atoms. The first-order chi connectivity index (χ1) is 16.8. The summed E-state index contributed by atoms with van der Waals surface area (Å²) < 4.78 is 45.5. The van der Waals surface area contributed by atoms with Crippen LogP contribution in [0.15, 0.2) is 72.8 Å². The molecule has 3 aromatic carbocycles. The van der Waals surface area contributed by atoms with Crippen LogP contribution in [0.25, 0.3) is 0 Å². The monoisotopic (exact) mass is 481 g/mol. The van der Waals surface area contributed by atoms with Crippen LogP contribution in [0.4, 0.5) is 30.2 Å². The summed E-state index contributed by atoms with van der Waals surface area (Å²) in [5.74, 6) is -0.129. The number of ether oxygens (including phenoxy) is 1. The molecule has 0 radical (unpaired) electrons. The minimum absolute atomic E-state index is 0.182. The van der Waals surface area contributed by atoms with E-state index in [1.54, 1.807) is 37.4 Å². The molecule has 3 aromatic rings. The van der Waals surface area contributed by atoms with Gasteiger partial charge in [-0.05, 0) is 54.4 Å². The van der Waals surface area contributed by atoms with Crippen LogP contribution in [0.5, 0.6) is 5.75 Å². The third kappa shape index (κ3) is 4.65. The molecule has 1 amide bonds. The molecule has 8 heteroatoms. The smallest absolute Gasteiger partial charge is 0.416 e. The normalized spacial score (nSPS) is 19.5. The largest absolute Gasteiger partial charge is 0.497 e. The average molecular weight is 482 g/mol. The molecule has 1 fully saturated rings. The van der Waals surface area contributed by atoms with Crippen LogP contribution in [0.1, 0.15) is 11.1 Å². The van der Waals surface area contributed by atoms with E-state index in [4.69, 9.17) is 4.74 Å². The van der Waals surface area contributed by atoms with Gasteiger partial charge in [-0.25, -0.2) is 0 Å². The van der Waals surface area contributed by atoms with Gasteiger partial charge in [-0.2, -0.15) is 13.2 Å². The fraction of sp³-hybridized carbons (Fsp3) is 0.296. The zero-order chi connectivity index (χ0) is 24.6. The Morgan fingerprint density at radius 1 is 1.00 bits per heavy atom. The zero-order valence-electron chi connectivity index (χ0n) is 19.3. The number of fused-ring (bicyclic) bond motifs is 3. The van der Waals surface area contributed by atoms with E-state index < -0.39 is 17.7 Å². The Morgan fingerprint density at radius 3 is 2.54 bits per heavy atom. The van der Waals surface area contributed by atoms with Crippen LogP contribution in [-0.4, -0.2) is 38.7 Å². The van der Waals surface area contributed by atoms with Gasteiger partial charge < -0.3 is 19.9 Å².